The Balaban J connectivity index is 1.24. The van der Waals surface area contributed by atoms with Crippen molar-refractivity contribution in [2.24, 2.45) is 0 Å². The molecule has 0 unspecified atom stereocenters. The average molecular weight is 604 g/mol. The monoisotopic (exact) mass is 603 g/mol. The Labute approximate surface area is 242 Å². The van der Waals surface area contributed by atoms with E-state index >= 15 is 0 Å². The zero-order chi connectivity index (χ0) is 28.1. The van der Waals surface area contributed by atoms with Crippen LogP contribution < -0.4 is 4.90 Å². The van der Waals surface area contributed by atoms with Crippen molar-refractivity contribution in [3.8, 4) is 11.3 Å². The number of benzene rings is 2. The number of carbonyl (C=O) groups excluding carboxylic acids is 1. The first kappa shape index (κ1) is 27.0. The summed E-state index contributed by atoms with van der Waals surface area (Å²) in [7, 11) is 0. The number of anilines is 1. The van der Waals surface area contributed by atoms with Crippen molar-refractivity contribution in [2.75, 3.05) is 11.4 Å². The lowest BCUT2D eigenvalue weighted by molar-refractivity contribution is 0.0206. The maximum atomic E-state index is 14.6. The van der Waals surface area contributed by atoms with Gasteiger partial charge < -0.3 is 19.3 Å². The van der Waals surface area contributed by atoms with E-state index in [1.165, 1.54) is 17.4 Å². The summed E-state index contributed by atoms with van der Waals surface area (Å²) < 4.78 is 26.7. The molecule has 4 aromatic rings. The number of fused-ring (bicyclic) bond motifs is 1. The van der Waals surface area contributed by atoms with Crippen LogP contribution in [0.4, 0.5) is 9.52 Å². The van der Waals surface area contributed by atoms with Gasteiger partial charge in [-0.15, -0.1) is 0 Å². The molecule has 0 spiro atoms. The number of nitrogens with zero attached hydrogens (tertiary/aromatic N) is 3. The zero-order valence-electron chi connectivity index (χ0n) is 21.3. The Bertz CT molecular complexity index is 1620. The number of aromatic nitrogens is 2. The highest BCUT2D eigenvalue weighted by Crippen LogP contribution is 2.46. The molecule has 208 valence electrons. The van der Waals surface area contributed by atoms with Gasteiger partial charge in [0.15, 0.2) is 16.7 Å². The molecule has 1 saturated carbocycles. The minimum Gasteiger partial charge on any atom is -0.478 e. The molecule has 1 saturated heterocycles. The van der Waals surface area contributed by atoms with Gasteiger partial charge in [-0.25, -0.2) is 19.0 Å². The van der Waals surface area contributed by atoms with Crippen LogP contribution in [-0.2, 0) is 4.74 Å². The number of halogens is 3. The first-order valence-corrected chi connectivity index (χ1v) is 14.6. The van der Waals surface area contributed by atoms with Gasteiger partial charge in [-0.2, -0.15) is 0 Å². The number of aromatic carboxylic acids is 1. The van der Waals surface area contributed by atoms with E-state index < -0.39 is 17.8 Å². The standard InChI is InChI=1S/C28H24Cl2FN3O5S/c1-2-15-12-16(8-9-34(15)28-32-23-19(31)10-14(26(35)36)11-20(23)40-28)38-27(37)22-24(33-39-25(22)13-6-7-13)21-17(29)4-3-5-18(21)30/h3-5,10-11,13,15-16H,2,6-9,12H2,1H3,(H,35,36)/t15-,16-/m1/s1. The summed E-state index contributed by atoms with van der Waals surface area (Å²) in [6, 6.07) is 7.50. The molecule has 1 aliphatic carbocycles. The molecule has 2 fully saturated rings. The predicted octanol–water partition coefficient (Wildman–Crippen LogP) is 7.58. The topological polar surface area (TPSA) is 106 Å². The molecule has 1 N–H and O–H groups in total. The van der Waals surface area contributed by atoms with Gasteiger partial charge >= 0.3 is 11.9 Å². The molecule has 2 aromatic heterocycles. The molecule has 2 aliphatic rings. The molecule has 0 amide bonds. The van der Waals surface area contributed by atoms with E-state index in [9.17, 15) is 19.1 Å². The molecule has 0 bridgehead atoms. The van der Waals surface area contributed by atoms with Crippen LogP contribution >= 0.6 is 34.5 Å². The molecule has 1 aliphatic heterocycles. The van der Waals surface area contributed by atoms with Crippen molar-refractivity contribution in [1.82, 2.24) is 10.1 Å². The minimum absolute atomic E-state index is 0.0167. The Morgan fingerprint density at radius 2 is 1.98 bits per heavy atom. The first-order valence-electron chi connectivity index (χ1n) is 13.0. The van der Waals surface area contributed by atoms with Gasteiger partial charge in [0.25, 0.3) is 0 Å². The van der Waals surface area contributed by atoms with E-state index in [2.05, 4.69) is 15.0 Å². The van der Waals surface area contributed by atoms with E-state index in [1.54, 1.807) is 18.2 Å². The Hall–Kier alpha value is -3.21. The van der Waals surface area contributed by atoms with Crippen molar-refractivity contribution < 1.29 is 28.3 Å². The summed E-state index contributed by atoms with van der Waals surface area (Å²) >= 11 is 14.1. The minimum atomic E-state index is -1.19. The summed E-state index contributed by atoms with van der Waals surface area (Å²) in [5.74, 6) is -1.77. The van der Waals surface area contributed by atoms with E-state index in [1.807, 2.05) is 6.92 Å². The molecule has 0 radical (unpaired) electrons. The van der Waals surface area contributed by atoms with Gasteiger partial charge in [0.2, 0.25) is 0 Å². The Kier molecular flexibility index (Phi) is 7.18. The first-order chi connectivity index (χ1) is 19.2. The quantitative estimate of drug-likeness (QED) is 0.215. The highest BCUT2D eigenvalue weighted by Gasteiger charge is 2.39. The fourth-order valence-corrected chi connectivity index (χ4v) is 6.91. The van der Waals surface area contributed by atoms with Gasteiger partial charge in [-0.3, -0.25) is 0 Å². The van der Waals surface area contributed by atoms with Crippen molar-refractivity contribution in [3.63, 3.8) is 0 Å². The second-order valence-electron chi connectivity index (χ2n) is 10.1. The summed E-state index contributed by atoms with van der Waals surface area (Å²) in [6.45, 7) is 2.56. The summed E-state index contributed by atoms with van der Waals surface area (Å²) in [4.78, 5) is 31.5. The zero-order valence-corrected chi connectivity index (χ0v) is 23.7. The van der Waals surface area contributed by atoms with E-state index in [4.69, 9.17) is 32.5 Å². The SMILES string of the molecule is CC[C@@H]1C[C@H](OC(=O)c2c(-c3c(Cl)cccc3Cl)noc2C2CC2)CCN1c1nc2c(F)cc(C(=O)O)cc2s1. The number of hydrogen-bond donors (Lipinski definition) is 1. The number of esters is 1. The maximum absolute atomic E-state index is 14.6. The summed E-state index contributed by atoms with van der Waals surface area (Å²) in [6.07, 6.45) is 3.26. The normalized spacial score (nSPS) is 19.2. The molecule has 6 rings (SSSR count). The number of carboxylic acids is 1. The van der Waals surface area contributed by atoms with E-state index in [0.29, 0.717) is 50.6 Å². The second kappa shape index (κ2) is 10.6. The Morgan fingerprint density at radius 3 is 2.65 bits per heavy atom. The Morgan fingerprint density at radius 1 is 1.23 bits per heavy atom. The highest BCUT2D eigenvalue weighted by molar-refractivity contribution is 7.22. The van der Waals surface area contributed by atoms with Gasteiger partial charge in [-0.1, -0.05) is 52.7 Å². The molecular weight excluding hydrogens is 580 g/mol. The van der Waals surface area contributed by atoms with Gasteiger partial charge in [0.1, 0.15) is 22.9 Å². The van der Waals surface area contributed by atoms with Crippen molar-refractivity contribution in [2.45, 2.75) is 57.1 Å². The van der Waals surface area contributed by atoms with Crippen LogP contribution in [-0.4, -0.2) is 45.9 Å². The summed E-state index contributed by atoms with van der Waals surface area (Å²) in [5, 5.41) is 14.8. The van der Waals surface area contributed by atoms with Crippen molar-refractivity contribution >= 4 is 61.8 Å². The third-order valence-electron chi connectivity index (χ3n) is 7.41. The number of ether oxygens (including phenoxy) is 1. The summed E-state index contributed by atoms with van der Waals surface area (Å²) in [5.41, 5.74) is 1.02. The van der Waals surface area contributed by atoms with Crippen LogP contribution in [0.2, 0.25) is 10.0 Å². The smallest absolute Gasteiger partial charge is 0.344 e. The van der Waals surface area contributed by atoms with E-state index in [0.717, 1.165) is 25.3 Å². The van der Waals surface area contributed by atoms with Crippen LogP contribution in [0.5, 0.6) is 0 Å². The number of thiazole rings is 1. The average Bonchev–Trinajstić information content (AvgIpc) is 3.52. The van der Waals surface area contributed by atoms with Gasteiger partial charge in [0, 0.05) is 36.9 Å². The highest BCUT2D eigenvalue weighted by atomic mass is 35.5. The lowest BCUT2D eigenvalue weighted by Crippen LogP contribution is -2.45. The van der Waals surface area contributed by atoms with Crippen LogP contribution in [0.25, 0.3) is 21.5 Å². The third kappa shape index (κ3) is 4.93. The lowest BCUT2D eigenvalue weighted by atomic mass is 9.97. The van der Waals surface area contributed by atoms with Crippen LogP contribution in [0.3, 0.4) is 0 Å². The molecule has 3 heterocycles. The van der Waals surface area contributed by atoms with Crippen LogP contribution in [0.15, 0.2) is 34.9 Å². The van der Waals surface area contributed by atoms with Crippen LogP contribution in [0, 0.1) is 5.82 Å². The predicted molar refractivity (Wildman–Crippen MR) is 150 cm³/mol. The van der Waals surface area contributed by atoms with Crippen molar-refractivity contribution in [1.29, 1.82) is 0 Å². The number of carbonyl (C=O) groups is 2. The van der Waals surface area contributed by atoms with Crippen molar-refractivity contribution in [3.05, 3.63) is 63.1 Å². The van der Waals surface area contributed by atoms with Gasteiger partial charge in [-0.05, 0) is 43.5 Å². The van der Waals surface area contributed by atoms with E-state index in [-0.39, 0.29) is 40.4 Å². The fourth-order valence-electron chi connectivity index (χ4n) is 5.21. The molecule has 2 atom stereocenters. The third-order valence-corrected chi connectivity index (χ3v) is 9.08. The molecule has 2 aromatic carbocycles. The maximum Gasteiger partial charge on any atom is 0.344 e. The largest absolute Gasteiger partial charge is 0.478 e. The molecular formula is C28H24Cl2FN3O5S. The number of piperidine rings is 1. The molecule has 40 heavy (non-hydrogen) atoms. The number of carboxylic acid groups (broad SMARTS) is 1. The van der Waals surface area contributed by atoms with Gasteiger partial charge in [0.05, 0.1) is 20.3 Å². The second-order valence-corrected chi connectivity index (χ2v) is 11.9. The fraction of sp³-hybridized carbons (Fsp3) is 0.357. The molecule has 12 heteroatoms. The molecule has 8 nitrogen and oxygen atoms in total. The lowest BCUT2D eigenvalue weighted by Gasteiger charge is -2.38. The van der Waals surface area contributed by atoms with Crippen LogP contribution in [0.1, 0.15) is 71.4 Å². The number of hydrogen-bond acceptors (Lipinski definition) is 8. The number of rotatable bonds is 7.